The summed E-state index contributed by atoms with van der Waals surface area (Å²) in [5.74, 6) is 0.931. The summed E-state index contributed by atoms with van der Waals surface area (Å²) in [5.41, 5.74) is 2.13. The van der Waals surface area contributed by atoms with Crippen molar-refractivity contribution >= 4 is 6.03 Å². The van der Waals surface area contributed by atoms with Gasteiger partial charge in [0.1, 0.15) is 5.82 Å². The van der Waals surface area contributed by atoms with Crippen molar-refractivity contribution in [1.29, 1.82) is 0 Å². The number of rotatable bonds is 5. The average Bonchev–Trinajstić information content (AvgIpc) is 3.22. The van der Waals surface area contributed by atoms with Gasteiger partial charge in [0.25, 0.3) is 0 Å². The maximum absolute atomic E-state index is 12.5. The first-order chi connectivity index (χ1) is 11.7. The highest BCUT2D eigenvalue weighted by molar-refractivity contribution is 5.75. The highest BCUT2D eigenvalue weighted by Gasteiger charge is 2.23. The third-order valence-corrected chi connectivity index (χ3v) is 4.41. The monoisotopic (exact) mass is 324 g/mol. The summed E-state index contributed by atoms with van der Waals surface area (Å²) in [5, 5.41) is 3.06. The molecule has 5 heteroatoms. The molecule has 5 nitrogen and oxygen atoms in total. The number of hydrogen-bond acceptors (Lipinski definition) is 2. The van der Waals surface area contributed by atoms with Gasteiger partial charge in [0.15, 0.2) is 0 Å². The maximum Gasteiger partial charge on any atom is 0.318 e. The molecule has 0 saturated carbocycles. The van der Waals surface area contributed by atoms with Crippen LogP contribution in [0.1, 0.15) is 31.2 Å². The number of imidazole rings is 1. The molecule has 0 saturated heterocycles. The first kappa shape index (κ1) is 16.3. The Balaban J connectivity index is 1.69. The molecule has 2 aromatic rings. The molecule has 126 valence electrons. The first-order valence-electron chi connectivity index (χ1n) is 8.50. The Morgan fingerprint density at radius 2 is 2.21 bits per heavy atom. The maximum atomic E-state index is 12.5. The fraction of sp³-hybridized carbons (Fsp3) is 0.368. The molecule has 0 unspecified atom stereocenters. The van der Waals surface area contributed by atoms with Gasteiger partial charge >= 0.3 is 6.03 Å². The number of amides is 2. The zero-order valence-corrected chi connectivity index (χ0v) is 14.3. The standard InChI is InChI=1S/C19H24N4O/c1-3-7-17-9-6-12-23(17)19(24)21-14-16-8-4-5-10-18(16)22-13-11-20-15(22)2/h4-6,8-11,13,17H,3,7,12,14H2,1-2H3,(H,21,24)/t17-/m1/s1. The average molecular weight is 324 g/mol. The Kier molecular flexibility index (Phi) is 4.99. The Morgan fingerprint density at radius 1 is 1.38 bits per heavy atom. The van der Waals surface area contributed by atoms with Crippen LogP contribution in [0.3, 0.4) is 0 Å². The topological polar surface area (TPSA) is 50.2 Å². The van der Waals surface area contributed by atoms with Crippen molar-refractivity contribution in [3.05, 3.63) is 60.2 Å². The van der Waals surface area contributed by atoms with E-state index in [9.17, 15) is 4.79 Å². The summed E-state index contributed by atoms with van der Waals surface area (Å²) >= 11 is 0. The second-order valence-corrected chi connectivity index (χ2v) is 6.07. The van der Waals surface area contributed by atoms with Gasteiger partial charge in [-0.3, -0.25) is 0 Å². The lowest BCUT2D eigenvalue weighted by Gasteiger charge is -2.25. The molecule has 1 aliphatic rings. The molecule has 1 aromatic carbocycles. The van der Waals surface area contributed by atoms with Crippen molar-refractivity contribution in [2.45, 2.75) is 39.3 Å². The molecule has 1 atom stereocenters. The summed E-state index contributed by atoms with van der Waals surface area (Å²) < 4.78 is 2.04. The minimum absolute atomic E-state index is 0.00407. The van der Waals surface area contributed by atoms with E-state index in [1.54, 1.807) is 6.20 Å². The van der Waals surface area contributed by atoms with Gasteiger partial charge in [0.2, 0.25) is 0 Å². The zero-order chi connectivity index (χ0) is 16.9. The van der Waals surface area contributed by atoms with E-state index in [1.807, 2.05) is 46.9 Å². The van der Waals surface area contributed by atoms with Crippen molar-refractivity contribution in [2.75, 3.05) is 6.54 Å². The van der Waals surface area contributed by atoms with Crippen LogP contribution in [0.25, 0.3) is 5.69 Å². The second-order valence-electron chi connectivity index (χ2n) is 6.07. The van der Waals surface area contributed by atoms with Gasteiger partial charge in [-0.05, 0) is 25.0 Å². The van der Waals surface area contributed by atoms with Crippen LogP contribution in [0, 0.1) is 6.92 Å². The largest absolute Gasteiger partial charge is 0.334 e. The van der Waals surface area contributed by atoms with E-state index in [1.165, 1.54) is 0 Å². The second kappa shape index (κ2) is 7.34. The van der Waals surface area contributed by atoms with Gasteiger partial charge in [0, 0.05) is 25.5 Å². The molecule has 3 rings (SSSR count). The lowest BCUT2D eigenvalue weighted by molar-refractivity contribution is 0.194. The molecular formula is C19H24N4O. The smallest absolute Gasteiger partial charge is 0.318 e. The third kappa shape index (κ3) is 3.35. The summed E-state index contributed by atoms with van der Waals surface area (Å²) in [6.45, 7) is 5.31. The number of aryl methyl sites for hydroxylation is 1. The summed E-state index contributed by atoms with van der Waals surface area (Å²) in [4.78, 5) is 18.7. The molecule has 1 N–H and O–H groups in total. The number of aromatic nitrogens is 2. The van der Waals surface area contributed by atoms with Crippen LogP contribution in [0.15, 0.2) is 48.8 Å². The molecule has 24 heavy (non-hydrogen) atoms. The summed E-state index contributed by atoms with van der Waals surface area (Å²) in [6.07, 6.45) is 10.0. The Labute approximate surface area is 143 Å². The lowest BCUT2D eigenvalue weighted by Crippen LogP contribution is -2.43. The molecule has 0 fully saturated rings. The van der Waals surface area contributed by atoms with Crippen molar-refractivity contribution in [3.63, 3.8) is 0 Å². The highest BCUT2D eigenvalue weighted by Crippen LogP contribution is 2.18. The molecule has 2 heterocycles. The predicted octanol–water partition coefficient (Wildman–Crippen LogP) is 3.43. The minimum Gasteiger partial charge on any atom is -0.334 e. The fourth-order valence-corrected chi connectivity index (χ4v) is 3.15. The summed E-state index contributed by atoms with van der Waals surface area (Å²) in [6, 6.07) is 8.31. The van der Waals surface area contributed by atoms with Gasteiger partial charge in [-0.25, -0.2) is 9.78 Å². The number of benzene rings is 1. The molecular weight excluding hydrogens is 300 g/mol. The zero-order valence-electron chi connectivity index (χ0n) is 14.3. The van der Waals surface area contributed by atoms with E-state index >= 15 is 0 Å². The lowest BCUT2D eigenvalue weighted by atomic mass is 10.1. The Bertz CT molecular complexity index is 734. The normalized spacial score (nSPS) is 16.6. The molecule has 0 radical (unpaired) electrons. The van der Waals surface area contributed by atoms with E-state index in [-0.39, 0.29) is 12.1 Å². The fourth-order valence-electron chi connectivity index (χ4n) is 3.15. The van der Waals surface area contributed by atoms with E-state index in [4.69, 9.17) is 0 Å². The van der Waals surface area contributed by atoms with E-state index in [0.717, 1.165) is 29.9 Å². The van der Waals surface area contributed by atoms with Crippen LogP contribution >= 0.6 is 0 Å². The van der Waals surface area contributed by atoms with Gasteiger partial charge in [-0.2, -0.15) is 0 Å². The van der Waals surface area contributed by atoms with Crippen LogP contribution in [-0.2, 0) is 6.54 Å². The van der Waals surface area contributed by atoms with Crippen LogP contribution in [-0.4, -0.2) is 33.1 Å². The van der Waals surface area contributed by atoms with Gasteiger partial charge in [0.05, 0.1) is 11.7 Å². The van der Waals surface area contributed by atoms with Crippen LogP contribution in [0.4, 0.5) is 4.79 Å². The highest BCUT2D eigenvalue weighted by atomic mass is 16.2. The third-order valence-electron chi connectivity index (χ3n) is 4.41. The van der Waals surface area contributed by atoms with Gasteiger partial charge in [-0.15, -0.1) is 0 Å². The quantitative estimate of drug-likeness (QED) is 0.857. The van der Waals surface area contributed by atoms with Gasteiger partial charge < -0.3 is 14.8 Å². The van der Waals surface area contributed by atoms with Crippen molar-refractivity contribution in [1.82, 2.24) is 19.8 Å². The SMILES string of the molecule is CCC[C@@H]1C=CCN1C(=O)NCc1ccccc1-n1ccnc1C. The van der Waals surface area contributed by atoms with Crippen molar-refractivity contribution < 1.29 is 4.79 Å². The molecule has 2 amide bonds. The molecule has 0 aliphatic carbocycles. The number of nitrogens with one attached hydrogen (secondary N) is 1. The number of urea groups is 1. The molecule has 1 aromatic heterocycles. The molecule has 0 spiro atoms. The van der Waals surface area contributed by atoms with Crippen LogP contribution < -0.4 is 5.32 Å². The van der Waals surface area contributed by atoms with E-state index in [0.29, 0.717) is 13.1 Å². The Hall–Kier alpha value is -2.56. The number of carbonyl (C=O) groups is 1. The minimum atomic E-state index is -0.00407. The number of carbonyl (C=O) groups excluding carboxylic acids is 1. The first-order valence-corrected chi connectivity index (χ1v) is 8.50. The number of nitrogens with zero attached hydrogens (tertiary/aromatic N) is 3. The number of para-hydroxylation sites is 1. The molecule has 1 aliphatic heterocycles. The van der Waals surface area contributed by atoms with Crippen molar-refractivity contribution in [2.24, 2.45) is 0 Å². The van der Waals surface area contributed by atoms with Gasteiger partial charge in [-0.1, -0.05) is 43.7 Å². The summed E-state index contributed by atoms with van der Waals surface area (Å²) in [7, 11) is 0. The van der Waals surface area contributed by atoms with E-state index in [2.05, 4.69) is 29.4 Å². The van der Waals surface area contributed by atoms with Crippen molar-refractivity contribution in [3.8, 4) is 5.69 Å². The van der Waals surface area contributed by atoms with E-state index < -0.39 is 0 Å². The molecule has 0 bridgehead atoms. The Morgan fingerprint density at radius 3 is 2.96 bits per heavy atom. The van der Waals surface area contributed by atoms with Crippen LogP contribution in [0.2, 0.25) is 0 Å². The predicted molar refractivity (Wildman–Crippen MR) is 95.1 cm³/mol. The number of hydrogen-bond donors (Lipinski definition) is 1. The van der Waals surface area contributed by atoms with Crippen LogP contribution in [0.5, 0.6) is 0 Å².